The highest BCUT2D eigenvalue weighted by molar-refractivity contribution is 5.95. The first kappa shape index (κ1) is 19.6. The fourth-order valence-corrected chi connectivity index (χ4v) is 4.56. The molecule has 0 spiro atoms. The number of pyridine rings is 1. The van der Waals surface area contributed by atoms with Gasteiger partial charge in [0.2, 0.25) is 5.91 Å². The van der Waals surface area contributed by atoms with Gasteiger partial charge in [-0.05, 0) is 37.6 Å². The van der Waals surface area contributed by atoms with Crippen molar-refractivity contribution in [3.8, 4) is 6.07 Å². The summed E-state index contributed by atoms with van der Waals surface area (Å²) in [7, 11) is 0. The van der Waals surface area contributed by atoms with E-state index in [1.807, 2.05) is 24.3 Å². The Kier molecular flexibility index (Phi) is 5.65. The predicted molar refractivity (Wildman–Crippen MR) is 112 cm³/mol. The first-order chi connectivity index (χ1) is 14.0. The number of carbonyl (C=O) groups excluding carboxylic acids is 1. The smallest absolute Gasteiger partial charge is 0.217 e. The lowest BCUT2D eigenvalue weighted by Crippen LogP contribution is -2.51. The zero-order chi connectivity index (χ0) is 20.4. The Morgan fingerprint density at radius 2 is 2.21 bits per heavy atom. The highest BCUT2D eigenvalue weighted by Crippen LogP contribution is 2.30. The number of ether oxygens (including phenoxy) is 1. The van der Waals surface area contributed by atoms with Crippen LogP contribution in [0.15, 0.2) is 30.5 Å². The summed E-state index contributed by atoms with van der Waals surface area (Å²) in [4.78, 5) is 20.5. The van der Waals surface area contributed by atoms with Crippen LogP contribution in [0.5, 0.6) is 0 Å². The number of rotatable bonds is 4. The molecule has 0 bridgehead atoms. The molecule has 7 nitrogen and oxygen atoms in total. The third kappa shape index (κ3) is 4.34. The Morgan fingerprint density at radius 3 is 3.00 bits per heavy atom. The van der Waals surface area contributed by atoms with Gasteiger partial charge in [-0.25, -0.2) is 0 Å². The van der Waals surface area contributed by atoms with Crippen LogP contribution in [0.1, 0.15) is 25.8 Å². The molecule has 0 aliphatic carbocycles. The maximum Gasteiger partial charge on any atom is 0.217 e. The average Bonchev–Trinajstić information content (AvgIpc) is 3.12. The van der Waals surface area contributed by atoms with E-state index >= 15 is 0 Å². The number of nitrogens with zero attached hydrogens (tertiary/aromatic N) is 4. The van der Waals surface area contributed by atoms with Crippen molar-refractivity contribution in [1.82, 2.24) is 15.2 Å². The van der Waals surface area contributed by atoms with Gasteiger partial charge in [0.1, 0.15) is 6.07 Å². The minimum atomic E-state index is 0.0341. The van der Waals surface area contributed by atoms with Crippen molar-refractivity contribution in [2.75, 3.05) is 37.6 Å². The van der Waals surface area contributed by atoms with E-state index in [9.17, 15) is 10.1 Å². The monoisotopic (exact) mass is 393 g/mol. The largest absolute Gasteiger partial charge is 0.370 e. The van der Waals surface area contributed by atoms with Crippen LogP contribution in [0, 0.1) is 11.3 Å². The third-order valence-electron chi connectivity index (χ3n) is 5.68. The molecule has 2 aromatic rings. The number of hydrogen-bond acceptors (Lipinski definition) is 6. The number of aromatic nitrogens is 1. The summed E-state index contributed by atoms with van der Waals surface area (Å²) in [6.45, 7) is 7.98. The van der Waals surface area contributed by atoms with Gasteiger partial charge in [0.05, 0.1) is 23.3 Å². The van der Waals surface area contributed by atoms with Crippen molar-refractivity contribution in [1.29, 1.82) is 5.26 Å². The maximum absolute atomic E-state index is 11.3. The molecule has 1 aromatic carbocycles. The summed E-state index contributed by atoms with van der Waals surface area (Å²) >= 11 is 0. The molecule has 0 radical (unpaired) electrons. The van der Waals surface area contributed by atoms with Crippen molar-refractivity contribution in [3.05, 3.63) is 36.0 Å². The number of morpholine rings is 1. The Morgan fingerprint density at radius 1 is 1.34 bits per heavy atom. The molecule has 3 atom stereocenters. The topological polar surface area (TPSA) is 81.5 Å². The van der Waals surface area contributed by atoms with Crippen LogP contribution in [0.4, 0.5) is 5.69 Å². The van der Waals surface area contributed by atoms with Crippen LogP contribution < -0.4 is 10.2 Å². The molecule has 2 saturated heterocycles. The van der Waals surface area contributed by atoms with E-state index in [1.165, 1.54) is 0 Å². The zero-order valence-electron chi connectivity index (χ0n) is 17.0. The number of benzene rings is 1. The van der Waals surface area contributed by atoms with E-state index in [0.717, 1.165) is 55.7 Å². The van der Waals surface area contributed by atoms with Gasteiger partial charge in [0, 0.05) is 63.0 Å². The van der Waals surface area contributed by atoms with Gasteiger partial charge in [0.15, 0.2) is 0 Å². The number of fused-ring (bicyclic) bond motifs is 1. The molecule has 29 heavy (non-hydrogen) atoms. The number of hydrogen-bond donors (Lipinski definition) is 1. The number of likely N-dealkylation sites (tertiary alicyclic amines) is 1. The van der Waals surface area contributed by atoms with Crippen LogP contribution in [0.3, 0.4) is 0 Å². The Bertz CT molecular complexity index is 940. The quantitative estimate of drug-likeness (QED) is 0.855. The number of carbonyl (C=O) groups is 1. The molecular formula is C22H27N5O2. The molecule has 1 unspecified atom stereocenters. The second-order valence-corrected chi connectivity index (χ2v) is 8.06. The molecule has 4 rings (SSSR count). The summed E-state index contributed by atoms with van der Waals surface area (Å²) in [5.41, 5.74) is 2.45. The molecule has 0 saturated carbocycles. The standard InChI is InChI=1S/C22H27N5O2/c1-15-11-27(21-6-5-17(10-23)22-20(21)4-3-8-24-22)14-19(29-15)13-26-9-7-18(12-26)25-16(2)28/h3-6,8,15,18-19H,7,9,11-14H2,1-2H3,(H,25,28)/t15-,18?,19+/m1/s1. The van der Waals surface area contributed by atoms with Gasteiger partial charge in [-0.1, -0.05) is 0 Å². The average molecular weight is 393 g/mol. The van der Waals surface area contributed by atoms with Crippen molar-refractivity contribution in [2.45, 2.75) is 38.5 Å². The van der Waals surface area contributed by atoms with E-state index < -0.39 is 0 Å². The van der Waals surface area contributed by atoms with E-state index in [-0.39, 0.29) is 24.2 Å². The van der Waals surface area contributed by atoms with Crippen LogP contribution in [-0.4, -0.2) is 66.8 Å². The molecule has 1 aromatic heterocycles. The summed E-state index contributed by atoms with van der Waals surface area (Å²) < 4.78 is 6.23. The van der Waals surface area contributed by atoms with Crippen LogP contribution in [-0.2, 0) is 9.53 Å². The molecule has 1 N–H and O–H groups in total. The lowest BCUT2D eigenvalue weighted by atomic mass is 10.1. The number of nitriles is 1. The van der Waals surface area contributed by atoms with Crippen molar-refractivity contribution in [3.63, 3.8) is 0 Å². The normalized spacial score (nSPS) is 25.1. The fraction of sp³-hybridized carbons (Fsp3) is 0.500. The lowest BCUT2D eigenvalue weighted by molar-refractivity contribution is -0.119. The second kappa shape index (κ2) is 8.36. The van der Waals surface area contributed by atoms with Crippen molar-refractivity contribution >= 4 is 22.5 Å². The van der Waals surface area contributed by atoms with E-state index in [2.05, 4.69) is 33.1 Å². The molecule has 2 aliphatic rings. The maximum atomic E-state index is 11.3. The molecular weight excluding hydrogens is 366 g/mol. The van der Waals surface area contributed by atoms with Crippen LogP contribution in [0.25, 0.3) is 10.9 Å². The minimum absolute atomic E-state index is 0.0341. The van der Waals surface area contributed by atoms with Crippen molar-refractivity contribution < 1.29 is 9.53 Å². The number of nitrogens with one attached hydrogen (secondary N) is 1. The minimum Gasteiger partial charge on any atom is -0.370 e. The van der Waals surface area contributed by atoms with Gasteiger partial charge >= 0.3 is 0 Å². The summed E-state index contributed by atoms with van der Waals surface area (Å²) in [6, 6.07) is 10.3. The van der Waals surface area contributed by atoms with E-state index in [4.69, 9.17) is 4.74 Å². The first-order valence-electron chi connectivity index (χ1n) is 10.2. The SMILES string of the molecule is CC(=O)NC1CCN(C[C@H]2CN(c3ccc(C#N)c4ncccc34)C[C@@H](C)O2)C1. The van der Waals surface area contributed by atoms with E-state index in [1.54, 1.807) is 13.1 Å². The van der Waals surface area contributed by atoms with Gasteiger partial charge in [-0.15, -0.1) is 0 Å². The number of amides is 1. The van der Waals surface area contributed by atoms with Gasteiger partial charge in [0.25, 0.3) is 0 Å². The fourth-order valence-electron chi connectivity index (χ4n) is 4.56. The first-order valence-corrected chi connectivity index (χ1v) is 10.2. The third-order valence-corrected chi connectivity index (χ3v) is 5.68. The van der Waals surface area contributed by atoms with Gasteiger partial charge in [-0.3, -0.25) is 14.7 Å². The van der Waals surface area contributed by atoms with Gasteiger partial charge in [-0.2, -0.15) is 5.26 Å². The molecule has 1 amide bonds. The summed E-state index contributed by atoms with van der Waals surface area (Å²) in [5, 5.41) is 13.4. The van der Waals surface area contributed by atoms with E-state index in [0.29, 0.717) is 5.56 Å². The molecule has 152 valence electrons. The highest BCUT2D eigenvalue weighted by atomic mass is 16.5. The Labute approximate surface area is 171 Å². The second-order valence-electron chi connectivity index (χ2n) is 8.06. The highest BCUT2D eigenvalue weighted by Gasteiger charge is 2.31. The van der Waals surface area contributed by atoms with Crippen LogP contribution in [0.2, 0.25) is 0 Å². The Balaban J connectivity index is 1.50. The molecule has 7 heteroatoms. The molecule has 3 heterocycles. The Hall–Kier alpha value is -2.69. The van der Waals surface area contributed by atoms with Crippen LogP contribution >= 0.6 is 0 Å². The summed E-state index contributed by atoms with van der Waals surface area (Å²) in [5.74, 6) is 0.0341. The molecule has 2 fully saturated rings. The van der Waals surface area contributed by atoms with Crippen molar-refractivity contribution in [2.24, 2.45) is 0 Å². The zero-order valence-corrected chi connectivity index (χ0v) is 17.0. The molecule has 2 aliphatic heterocycles. The van der Waals surface area contributed by atoms with Gasteiger partial charge < -0.3 is 15.0 Å². The lowest BCUT2D eigenvalue weighted by Gasteiger charge is -2.40. The predicted octanol–water partition coefficient (Wildman–Crippen LogP) is 1.91. The number of anilines is 1. The summed E-state index contributed by atoms with van der Waals surface area (Å²) in [6.07, 6.45) is 2.93.